The molecule has 0 atom stereocenters. The molecule has 3 aromatic rings. The van der Waals surface area contributed by atoms with Gasteiger partial charge in [-0.3, -0.25) is 0 Å². The second kappa shape index (κ2) is 6.29. The average molecular weight is 347 g/mol. The molecule has 0 unspecified atom stereocenters. The van der Waals surface area contributed by atoms with E-state index in [0.29, 0.717) is 11.3 Å². The summed E-state index contributed by atoms with van der Waals surface area (Å²) in [5, 5.41) is 12.1. The third-order valence-corrected chi connectivity index (χ3v) is 3.57. The standard InChI is InChI=1S/C16H12ClFN4O2/c1-8-6-20-16(21-12-3-2-10(17)5-11(12)18)22-14(8)9-4-13(15(23)24)19-7-9/h2-7,19H,1H3,(H,23,24)(H,20,21,22). The molecule has 0 radical (unpaired) electrons. The monoisotopic (exact) mass is 346 g/mol. The highest BCUT2D eigenvalue weighted by molar-refractivity contribution is 6.30. The van der Waals surface area contributed by atoms with Crippen LogP contribution in [0, 0.1) is 12.7 Å². The fraction of sp³-hybridized carbons (Fsp3) is 0.0625. The lowest BCUT2D eigenvalue weighted by Crippen LogP contribution is -2.01. The van der Waals surface area contributed by atoms with Crippen LogP contribution in [0.25, 0.3) is 11.3 Å². The fourth-order valence-corrected chi connectivity index (χ4v) is 2.32. The number of hydrogen-bond acceptors (Lipinski definition) is 4. The number of benzene rings is 1. The first kappa shape index (κ1) is 15.9. The van der Waals surface area contributed by atoms with Gasteiger partial charge in [-0.2, -0.15) is 0 Å². The van der Waals surface area contributed by atoms with Crippen molar-refractivity contribution in [3.8, 4) is 11.3 Å². The predicted octanol–water partition coefficient (Wildman–Crippen LogP) is 4.01. The number of aromatic carboxylic acids is 1. The number of carboxylic acids is 1. The molecule has 0 spiro atoms. The van der Waals surface area contributed by atoms with Crippen molar-refractivity contribution in [2.45, 2.75) is 6.92 Å². The summed E-state index contributed by atoms with van der Waals surface area (Å²) in [5.41, 5.74) is 2.15. The Morgan fingerprint density at radius 3 is 2.83 bits per heavy atom. The van der Waals surface area contributed by atoms with Gasteiger partial charge in [0, 0.05) is 23.0 Å². The van der Waals surface area contributed by atoms with E-state index in [4.69, 9.17) is 16.7 Å². The molecule has 6 nitrogen and oxygen atoms in total. The topological polar surface area (TPSA) is 90.9 Å². The number of nitrogens with zero attached hydrogens (tertiary/aromatic N) is 2. The van der Waals surface area contributed by atoms with Gasteiger partial charge in [-0.25, -0.2) is 19.2 Å². The van der Waals surface area contributed by atoms with Crippen LogP contribution in [0.2, 0.25) is 5.02 Å². The van der Waals surface area contributed by atoms with Gasteiger partial charge in [-0.05, 0) is 36.8 Å². The summed E-state index contributed by atoms with van der Waals surface area (Å²) in [5.74, 6) is -1.40. The summed E-state index contributed by atoms with van der Waals surface area (Å²) >= 11 is 5.72. The smallest absolute Gasteiger partial charge is 0.352 e. The number of nitrogens with one attached hydrogen (secondary N) is 2. The first-order valence-electron chi connectivity index (χ1n) is 6.92. The van der Waals surface area contributed by atoms with Crippen LogP contribution < -0.4 is 5.32 Å². The molecule has 0 aliphatic carbocycles. The number of aromatic nitrogens is 3. The Bertz CT molecular complexity index is 926. The number of rotatable bonds is 4. The molecule has 1 aromatic carbocycles. The third-order valence-electron chi connectivity index (χ3n) is 3.34. The fourth-order valence-electron chi connectivity index (χ4n) is 2.16. The van der Waals surface area contributed by atoms with E-state index >= 15 is 0 Å². The summed E-state index contributed by atoms with van der Waals surface area (Å²) < 4.78 is 13.9. The third kappa shape index (κ3) is 3.21. The summed E-state index contributed by atoms with van der Waals surface area (Å²) in [6.07, 6.45) is 3.12. The largest absolute Gasteiger partial charge is 0.477 e. The zero-order chi connectivity index (χ0) is 17.3. The molecule has 3 N–H and O–H groups in total. The second-order valence-corrected chi connectivity index (χ2v) is 5.52. The Balaban J connectivity index is 1.94. The number of carbonyl (C=O) groups is 1. The maximum atomic E-state index is 13.9. The molecular formula is C16H12ClFN4O2. The molecule has 0 amide bonds. The lowest BCUT2D eigenvalue weighted by molar-refractivity contribution is 0.0691. The lowest BCUT2D eigenvalue weighted by atomic mass is 10.1. The SMILES string of the molecule is Cc1cnc(Nc2ccc(Cl)cc2F)nc1-c1c[nH]c(C(=O)O)c1. The Morgan fingerprint density at radius 2 is 2.17 bits per heavy atom. The summed E-state index contributed by atoms with van der Waals surface area (Å²) in [6, 6.07) is 5.70. The minimum absolute atomic E-state index is 0.0567. The molecule has 0 bridgehead atoms. The van der Waals surface area contributed by atoms with Crippen molar-refractivity contribution in [2.24, 2.45) is 0 Å². The molecule has 2 aromatic heterocycles. The van der Waals surface area contributed by atoms with Crippen LogP contribution in [-0.2, 0) is 0 Å². The minimum Gasteiger partial charge on any atom is -0.477 e. The maximum Gasteiger partial charge on any atom is 0.352 e. The van der Waals surface area contributed by atoms with Crippen molar-refractivity contribution in [2.75, 3.05) is 5.32 Å². The van der Waals surface area contributed by atoms with Gasteiger partial charge in [-0.15, -0.1) is 0 Å². The number of aromatic amines is 1. The molecule has 0 saturated carbocycles. The molecule has 0 fully saturated rings. The first-order chi connectivity index (χ1) is 11.4. The van der Waals surface area contributed by atoms with Gasteiger partial charge < -0.3 is 15.4 Å². The number of halogens is 2. The Labute approximate surface area is 141 Å². The normalized spacial score (nSPS) is 10.6. The molecule has 0 saturated heterocycles. The van der Waals surface area contributed by atoms with E-state index in [1.54, 1.807) is 25.4 Å². The highest BCUT2D eigenvalue weighted by Crippen LogP contribution is 2.25. The van der Waals surface area contributed by atoms with E-state index in [1.165, 1.54) is 18.2 Å². The van der Waals surface area contributed by atoms with Crippen molar-refractivity contribution < 1.29 is 14.3 Å². The van der Waals surface area contributed by atoms with Crippen LogP contribution in [-0.4, -0.2) is 26.0 Å². The number of hydrogen-bond donors (Lipinski definition) is 3. The number of aryl methyl sites for hydroxylation is 1. The van der Waals surface area contributed by atoms with Crippen LogP contribution in [0.4, 0.5) is 16.0 Å². The van der Waals surface area contributed by atoms with Gasteiger partial charge in [0.05, 0.1) is 11.4 Å². The summed E-state index contributed by atoms with van der Waals surface area (Å²) in [4.78, 5) is 22.1. The van der Waals surface area contributed by atoms with E-state index in [0.717, 1.165) is 5.56 Å². The van der Waals surface area contributed by atoms with Crippen molar-refractivity contribution in [1.29, 1.82) is 0 Å². The first-order valence-corrected chi connectivity index (χ1v) is 7.29. The molecule has 0 aliphatic heterocycles. The predicted molar refractivity (Wildman–Crippen MR) is 88.2 cm³/mol. The van der Waals surface area contributed by atoms with Gasteiger partial charge in [0.25, 0.3) is 0 Å². The van der Waals surface area contributed by atoms with Crippen LogP contribution in [0.15, 0.2) is 36.7 Å². The van der Waals surface area contributed by atoms with Gasteiger partial charge in [0.15, 0.2) is 0 Å². The molecule has 8 heteroatoms. The summed E-state index contributed by atoms with van der Waals surface area (Å²) in [6.45, 7) is 1.80. The molecule has 122 valence electrons. The van der Waals surface area contributed by atoms with Gasteiger partial charge in [0.1, 0.15) is 11.5 Å². The quantitative estimate of drug-likeness (QED) is 0.663. The van der Waals surface area contributed by atoms with Crippen LogP contribution >= 0.6 is 11.6 Å². The minimum atomic E-state index is -1.06. The zero-order valence-corrected chi connectivity index (χ0v) is 13.2. The average Bonchev–Trinajstić information content (AvgIpc) is 3.02. The van der Waals surface area contributed by atoms with E-state index in [2.05, 4.69) is 20.3 Å². The Hall–Kier alpha value is -2.93. The van der Waals surface area contributed by atoms with Crippen LogP contribution in [0.1, 0.15) is 16.1 Å². The van der Waals surface area contributed by atoms with E-state index in [-0.39, 0.29) is 22.4 Å². The van der Waals surface area contributed by atoms with Gasteiger partial charge >= 0.3 is 5.97 Å². The molecule has 24 heavy (non-hydrogen) atoms. The molecule has 0 aliphatic rings. The zero-order valence-electron chi connectivity index (χ0n) is 12.5. The Morgan fingerprint density at radius 1 is 1.38 bits per heavy atom. The van der Waals surface area contributed by atoms with Gasteiger partial charge in [-0.1, -0.05) is 11.6 Å². The van der Waals surface area contributed by atoms with Crippen molar-refractivity contribution in [3.05, 3.63) is 58.8 Å². The highest BCUT2D eigenvalue weighted by Gasteiger charge is 2.13. The number of anilines is 2. The molecule has 3 rings (SSSR count). The van der Waals surface area contributed by atoms with E-state index in [1.807, 2.05) is 0 Å². The molecular weight excluding hydrogens is 335 g/mol. The van der Waals surface area contributed by atoms with Crippen molar-refractivity contribution >= 4 is 29.2 Å². The van der Waals surface area contributed by atoms with Crippen LogP contribution in [0.5, 0.6) is 0 Å². The van der Waals surface area contributed by atoms with Crippen molar-refractivity contribution in [3.63, 3.8) is 0 Å². The number of carboxylic acid groups (broad SMARTS) is 1. The number of H-pyrrole nitrogens is 1. The van der Waals surface area contributed by atoms with E-state index in [9.17, 15) is 9.18 Å². The van der Waals surface area contributed by atoms with Crippen molar-refractivity contribution in [1.82, 2.24) is 15.0 Å². The lowest BCUT2D eigenvalue weighted by Gasteiger charge is -2.09. The maximum absolute atomic E-state index is 13.9. The Kier molecular flexibility index (Phi) is 4.18. The van der Waals surface area contributed by atoms with Gasteiger partial charge in [0.2, 0.25) is 5.95 Å². The summed E-state index contributed by atoms with van der Waals surface area (Å²) in [7, 11) is 0. The van der Waals surface area contributed by atoms with Crippen LogP contribution in [0.3, 0.4) is 0 Å². The molecule has 2 heterocycles. The highest BCUT2D eigenvalue weighted by atomic mass is 35.5. The van der Waals surface area contributed by atoms with E-state index < -0.39 is 11.8 Å². The second-order valence-electron chi connectivity index (χ2n) is 5.08.